The number of fused-ring (bicyclic) bond motifs is 1. The van der Waals surface area contributed by atoms with Crippen molar-refractivity contribution >= 4 is 44.5 Å². The number of thioether (sulfide) groups is 1. The first-order chi connectivity index (χ1) is 16.7. The molecule has 192 valence electrons. The van der Waals surface area contributed by atoms with Gasteiger partial charge >= 0.3 is 5.97 Å². The summed E-state index contributed by atoms with van der Waals surface area (Å²) in [7, 11) is 0. The van der Waals surface area contributed by atoms with Gasteiger partial charge in [-0.1, -0.05) is 81.0 Å². The van der Waals surface area contributed by atoms with E-state index >= 15 is 0 Å². The molecule has 2 aromatic rings. The molecule has 0 fully saturated rings. The molecule has 0 saturated heterocycles. The van der Waals surface area contributed by atoms with Gasteiger partial charge in [-0.15, -0.1) is 0 Å². The lowest BCUT2D eigenvalue weighted by Crippen LogP contribution is -2.23. The van der Waals surface area contributed by atoms with Gasteiger partial charge in [-0.05, 0) is 48.9 Å². The number of cyclic esters (lactones) is 1. The lowest BCUT2D eigenvalue weighted by molar-refractivity contribution is -0.140. The Morgan fingerprint density at radius 3 is 2.26 bits per heavy atom. The fourth-order valence-corrected chi connectivity index (χ4v) is 3.90. The van der Waals surface area contributed by atoms with E-state index in [9.17, 15) is 18.4 Å². The highest BCUT2D eigenvalue weighted by atomic mass is 79.9. The maximum Gasteiger partial charge on any atom is 0.335 e. The molecule has 1 aliphatic heterocycles. The first-order valence-electron chi connectivity index (χ1n) is 11.2. The Hall–Kier alpha value is -2.49. The summed E-state index contributed by atoms with van der Waals surface area (Å²) in [5.74, 6) is -3.40. The fraction of sp³-hybridized carbons (Fsp3) is 0.308. The van der Waals surface area contributed by atoms with E-state index in [1.54, 1.807) is 6.92 Å². The second-order valence-corrected chi connectivity index (χ2v) is 8.34. The number of ether oxygens (including phenoxy) is 1. The monoisotopic (exact) mass is 570 g/mol. The normalized spacial score (nSPS) is 11.7. The Bertz CT molecular complexity index is 1040. The van der Waals surface area contributed by atoms with Crippen LogP contribution in [0.4, 0.5) is 8.78 Å². The molecule has 0 aliphatic carbocycles. The number of carbonyl (C=O) groups excluding carboxylic acids is 2. The molecule has 5 nitrogen and oxygen atoms in total. The molecule has 0 atom stereocenters. The molecule has 0 spiro atoms. The Morgan fingerprint density at radius 2 is 1.71 bits per heavy atom. The van der Waals surface area contributed by atoms with Gasteiger partial charge in [-0.3, -0.25) is 4.79 Å². The van der Waals surface area contributed by atoms with Crippen molar-refractivity contribution in [2.24, 2.45) is 5.73 Å². The van der Waals surface area contributed by atoms with E-state index in [1.807, 2.05) is 52.8 Å². The average Bonchev–Trinajstić information content (AvgIpc) is 2.94. The van der Waals surface area contributed by atoms with Gasteiger partial charge in [-0.25, -0.2) is 13.6 Å². The Labute approximate surface area is 219 Å². The highest BCUT2D eigenvalue weighted by molar-refractivity contribution is 9.10. The SMILES string of the molecule is C=C(NC(=O)c1c(F)cccc1F)SC1=C(C)C(=O)OCc2ccc(Br)cc21.CC.CC.CCN. The molecule has 1 amide bonds. The van der Waals surface area contributed by atoms with Crippen LogP contribution in [0.5, 0.6) is 0 Å². The number of nitrogens with two attached hydrogens (primary N) is 1. The number of nitrogens with one attached hydrogen (secondary N) is 1. The number of amides is 1. The zero-order valence-corrected chi connectivity index (χ0v) is 23.3. The summed E-state index contributed by atoms with van der Waals surface area (Å²) < 4.78 is 33.6. The molecule has 3 rings (SSSR count). The van der Waals surface area contributed by atoms with Gasteiger partial charge in [0.15, 0.2) is 0 Å². The van der Waals surface area contributed by atoms with E-state index in [0.29, 0.717) is 10.5 Å². The first-order valence-corrected chi connectivity index (χ1v) is 12.8. The van der Waals surface area contributed by atoms with Crippen LogP contribution in [0, 0.1) is 11.6 Å². The van der Waals surface area contributed by atoms with Gasteiger partial charge in [0, 0.05) is 15.0 Å². The molecule has 2 aromatic carbocycles. The predicted octanol–water partition coefficient (Wildman–Crippen LogP) is 7.17. The molecule has 0 saturated carbocycles. The molecule has 0 bridgehead atoms. The number of carbonyl (C=O) groups is 2. The van der Waals surface area contributed by atoms with Gasteiger partial charge in [0.05, 0.1) is 5.03 Å². The van der Waals surface area contributed by atoms with Crippen LogP contribution in [0.25, 0.3) is 4.91 Å². The molecule has 3 N–H and O–H groups in total. The maximum atomic E-state index is 13.8. The molecule has 9 heteroatoms. The second-order valence-electron chi connectivity index (χ2n) is 6.32. The van der Waals surface area contributed by atoms with Gasteiger partial charge < -0.3 is 15.8 Å². The Morgan fingerprint density at radius 1 is 1.17 bits per heavy atom. The van der Waals surface area contributed by atoms with Crippen LogP contribution < -0.4 is 11.1 Å². The number of halogens is 3. The molecular formula is C26H33BrF2N2O3S. The number of esters is 1. The van der Waals surface area contributed by atoms with Crippen LogP contribution in [0.2, 0.25) is 0 Å². The van der Waals surface area contributed by atoms with E-state index in [-0.39, 0.29) is 11.6 Å². The summed E-state index contributed by atoms with van der Waals surface area (Å²) >= 11 is 4.42. The minimum Gasteiger partial charge on any atom is -0.457 e. The smallest absolute Gasteiger partial charge is 0.335 e. The molecule has 0 radical (unpaired) electrons. The van der Waals surface area contributed by atoms with Crippen molar-refractivity contribution < 1.29 is 23.1 Å². The third-order valence-electron chi connectivity index (χ3n) is 3.99. The van der Waals surface area contributed by atoms with E-state index < -0.39 is 29.1 Å². The van der Waals surface area contributed by atoms with Gasteiger partial charge in [0.25, 0.3) is 5.91 Å². The molecule has 1 heterocycles. The fourth-order valence-electron chi connectivity index (χ4n) is 2.62. The van der Waals surface area contributed by atoms with Gasteiger partial charge in [-0.2, -0.15) is 0 Å². The van der Waals surface area contributed by atoms with Crippen molar-refractivity contribution in [3.05, 3.63) is 86.4 Å². The summed E-state index contributed by atoms with van der Waals surface area (Å²) in [5, 5.41) is 2.49. The summed E-state index contributed by atoms with van der Waals surface area (Å²) in [5.41, 5.74) is 6.03. The molecule has 35 heavy (non-hydrogen) atoms. The van der Waals surface area contributed by atoms with Crippen LogP contribution in [-0.2, 0) is 16.1 Å². The highest BCUT2D eigenvalue weighted by Gasteiger charge is 2.24. The van der Waals surface area contributed by atoms with Crippen molar-refractivity contribution in [2.75, 3.05) is 6.54 Å². The van der Waals surface area contributed by atoms with Crippen molar-refractivity contribution in [2.45, 2.75) is 48.1 Å². The van der Waals surface area contributed by atoms with Crippen LogP contribution in [-0.4, -0.2) is 18.4 Å². The number of benzene rings is 2. The van der Waals surface area contributed by atoms with Crippen LogP contribution >= 0.6 is 27.7 Å². The highest BCUT2D eigenvalue weighted by Crippen LogP contribution is 2.39. The largest absolute Gasteiger partial charge is 0.457 e. The van der Waals surface area contributed by atoms with Gasteiger partial charge in [0.1, 0.15) is 23.8 Å². The molecule has 0 unspecified atom stereocenters. The van der Waals surface area contributed by atoms with E-state index in [2.05, 4.69) is 27.8 Å². The van der Waals surface area contributed by atoms with Crippen LogP contribution in [0.3, 0.4) is 0 Å². The van der Waals surface area contributed by atoms with Crippen molar-refractivity contribution in [3.63, 3.8) is 0 Å². The number of rotatable bonds is 4. The summed E-state index contributed by atoms with van der Waals surface area (Å²) in [6.07, 6.45) is 0. The van der Waals surface area contributed by atoms with E-state index in [0.717, 1.165) is 46.0 Å². The van der Waals surface area contributed by atoms with Crippen molar-refractivity contribution in [3.8, 4) is 0 Å². The maximum absolute atomic E-state index is 13.8. The lowest BCUT2D eigenvalue weighted by Gasteiger charge is -2.14. The summed E-state index contributed by atoms with van der Waals surface area (Å²) in [6.45, 7) is 16.1. The number of hydrogen-bond donors (Lipinski definition) is 2. The standard InChI is InChI=1S/C20H14BrF2NO3S.C2H7N.2C2H6/c1-10-18(14-8-13(21)7-6-12(14)9-27-20(10)26)28-11(2)24-19(25)17-15(22)4-3-5-16(17)23;1-2-3;2*1-2/h3-8H,2,9H2,1H3,(H,24,25);2-3H2,1H3;2*1-2H3. The topological polar surface area (TPSA) is 81.4 Å². The van der Waals surface area contributed by atoms with Crippen molar-refractivity contribution in [1.29, 1.82) is 0 Å². The average molecular weight is 572 g/mol. The van der Waals surface area contributed by atoms with Crippen LogP contribution in [0.1, 0.15) is 63.0 Å². The summed E-state index contributed by atoms with van der Waals surface area (Å²) in [6, 6.07) is 8.64. The zero-order valence-electron chi connectivity index (χ0n) is 20.9. The zero-order chi connectivity index (χ0) is 27.1. The predicted molar refractivity (Wildman–Crippen MR) is 145 cm³/mol. The minimum atomic E-state index is -0.974. The molecule has 1 aliphatic rings. The second kappa shape index (κ2) is 17.0. The molecular weight excluding hydrogens is 538 g/mol. The van der Waals surface area contributed by atoms with Gasteiger partial charge in [0.2, 0.25) is 0 Å². The quantitative estimate of drug-likeness (QED) is 0.381. The minimum absolute atomic E-state index is 0.113. The van der Waals surface area contributed by atoms with Crippen molar-refractivity contribution in [1.82, 2.24) is 5.32 Å². The third-order valence-corrected chi connectivity index (χ3v) is 5.56. The summed E-state index contributed by atoms with van der Waals surface area (Å²) in [4.78, 5) is 25.0. The van der Waals surface area contributed by atoms with E-state index in [4.69, 9.17) is 10.5 Å². The molecule has 0 aromatic heterocycles. The van der Waals surface area contributed by atoms with E-state index in [1.165, 1.54) is 6.07 Å². The Kier molecular flexibility index (Phi) is 15.8. The number of hydrogen-bond acceptors (Lipinski definition) is 5. The van der Waals surface area contributed by atoms with Crippen LogP contribution in [0.15, 0.2) is 58.1 Å². The third kappa shape index (κ3) is 9.58. The lowest BCUT2D eigenvalue weighted by atomic mass is 10.1. The Balaban J connectivity index is 0.00000150. The first kappa shape index (κ1) is 32.5.